The zero-order chi connectivity index (χ0) is 13.5. The summed E-state index contributed by atoms with van der Waals surface area (Å²) in [5.74, 6) is 1.01. The highest BCUT2D eigenvalue weighted by Crippen LogP contribution is 2.27. The van der Waals surface area contributed by atoms with Crippen molar-refractivity contribution in [2.24, 2.45) is 0 Å². The Morgan fingerprint density at radius 2 is 2.11 bits per heavy atom. The first kappa shape index (κ1) is 12.2. The van der Waals surface area contributed by atoms with Gasteiger partial charge < -0.3 is 15.4 Å². The largest absolute Gasteiger partial charge is 0.399 e. The van der Waals surface area contributed by atoms with Gasteiger partial charge in [-0.05, 0) is 44.2 Å². The lowest BCUT2D eigenvalue weighted by molar-refractivity contribution is 0.0639. The first-order valence-corrected chi connectivity index (χ1v) is 6.58. The molecule has 4 heteroatoms. The van der Waals surface area contributed by atoms with Crippen LogP contribution in [0.5, 0.6) is 0 Å². The molecule has 1 saturated heterocycles. The number of rotatable bonds is 1. The highest BCUT2D eigenvalue weighted by atomic mass is 16.5. The van der Waals surface area contributed by atoms with Crippen LogP contribution in [0.1, 0.15) is 13.8 Å². The number of nitrogen functional groups attached to an aromatic ring is 1. The summed E-state index contributed by atoms with van der Waals surface area (Å²) in [6, 6.07) is 9.97. The Balaban J connectivity index is 2.03. The molecule has 0 spiro atoms. The lowest BCUT2D eigenvalue weighted by atomic mass is 10.0. The lowest BCUT2D eigenvalue weighted by Crippen LogP contribution is -2.53. The van der Waals surface area contributed by atoms with Gasteiger partial charge in [-0.2, -0.15) is 0 Å². The van der Waals surface area contributed by atoms with Crippen LogP contribution in [0.2, 0.25) is 0 Å². The van der Waals surface area contributed by atoms with Gasteiger partial charge in [-0.1, -0.05) is 0 Å². The number of benzene rings is 1. The van der Waals surface area contributed by atoms with Crippen molar-refractivity contribution in [2.45, 2.75) is 19.4 Å². The molecule has 0 saturated carbocycles. The standard InChI is InChI=1S/C15H19N3O/c1-15(2)10-19-8-7-18(15)14-6-3-11-9-12(16)4-5-13(11)17-14/h3-6,9H,7-8,10,16H2,1-2H3. The first-order chi connectivity index (χ1) is 9.06. The van der Waals surface area contributed by atoms with Gasteiger partial charge >= 0.3 is 0 Å². The van der Waals surface area contributed by atoms with E-state index in [0.29, 0.717) is 0 Å². The molecular formula is C15H19N3O. The third kappa shape index (κ3) is 2.24. The van der Waals surface area contributed by atoms with E-state index in [-0.39, 0.29) is 5.54 Å². The molecule has 1 aromatic heterocycles. The van der Waals surface area contributed by atoms with Crippen molar-refractivity contribution < 1.29 is 4.74 Å². The Kier molecular flexibility index (Phi) is 2.82. The van der Waals surface area contributed by atoms with Gasteiger partial charge in [0.05, 0.1) is 24.3 Å². The molecule has 2 heterocycles. The zero-order valence-corrected chi connectivity index (χ0v) is 11.4. The van der Waals surface area contributed by atoms with Crippen molar-refractivity contribution in [3.63, 3.8) is 0 Å². The van der Waals surface area contributed by atoms with Gasteiger partial charge in [0.1, 0.15) is 5.82 Å². The monoisotopic (exact) mass is 257 g/mol. The van der Waals surface area contributed by atoms with Crippen LogP contribution in [0.4, 0.5) is 11.5 Å². The van der Waals surface area contributed by atoms with Crippen LogP contribution < -0.4 is 10.6 Å². The molecule has 1 fully saturated rings. The summed E-state index contributed by atoms with van der Waals surface area (Å²) in [5, 5.41) is 1.08. The maximum atomic E-state index is 5.79. The van der Waals surface area contributed by atoms with Gasteiger partial charge in [0.15, 0.2) is 0 Å². The van der Waals surface area contributed by atoms with Gasteiger partial charge in [0, 0.05) is 17.6 Å². The van der Waals surface area contributed by atoms with E-state index >= 15 is 0 Å². The molecule has 1 aromatic carbocycles. The van der Waals surface area contributed by atoms with Crippen LogP contribution in [-0.2, 0) is 4.74 Å². The third-order valence-corrected chi connectivity index (χ3v) is 3.62. The fourth-order valence-corrected chi connectivity index (χ4v) is 2.57. The molecule has 4 nitrogen and oxygen atoms in total. The smallest absolute Gasteiger partial charge is 0.129 e. The molecular weight excluding hydrogens is 238 g/mol. The van der Waals surface area contributed by atoms with E-state index < -0.39 is 0 Å². The zero-order valence-electron chi connectivity index (χ0n) is 11.4. The van der Waals surface area contributed by atoms with Crippen LogP contribution >= 0.6 is 0 Å². The molecule has 19 heavy (non-hydrogen) atoms. The SMILES string of the molecule is CC1(C)COCCN1c1ccc2cc(N)ccc2n1. The topological polar surface area (TPSA) is 51.4 Å². The van der Waals surface area contributed by atoms with Crippen LogP contribution in [0, 0.1) is 0 Å². The summed E-state index contributed by atoms with van der Waals surface area (Å²) in [6.45, 7) is 6.72. The van der Waals surface area contributed by atoms with Crippen molar-refractivity contribution in [3.8, 4) is 0 Å². The highest BCUT2D eigenvalue weighted by molar-refractivity contribution is 5.83. The minimum absolute atomic E-state index is 0.0211. The van der Waals surface area contributed by atoms with Gasteiger partial charge in [-0.15, -0.1) is 0 Å². The Morgan fingerprint density at radius 3 is 2.89 bits per heavy atom. The predicted octanol–water partition coefficient (Wildman–Crippen LogP) is 2.43. The van der Waals surface area contributed by atoms with Crippen molar-refractivity contribution >= 4 is 22.4 Å². The number of nitrogens with zero attached hydrogens (tertiary/aromatic N) is 2. The summed E-state index contributed by atoms with van der Waals surface area (Å²) in [7, 11) is 0. The number of ether oxygens (including phenoxy) is 1. The van der Waals surface area contributed by atoms with Crippen LogP contribution in [0.15, 0.2) is 30.3 Å². The number of hydrogen-bond acceptors (Lipinski definition) is 4. The van der Waals surface area contributed by atoms with Gasteiger partial charge in [-0.25, -0.2) is 4.98 Å². The lowest BCUT2D eigenvalue weighted by Gasteiger charge is -2.43. The summed E-state index contributed by atoms with van der Waals surface area (Å²) >= 11 is 0. The number of pyridine rings is 1. The molecule has 0 amide bonds. The summed E-state index contributed by atoms with van der Waals surface area (Å²) in [5.41, 5.74) is 7.52. The normalized spacial score (nSPS) is 18.7. The van der Waals surface area contributed by atoms with Crippen LogP contribution in [-0.4, -0.2) is 30.3 Å². The average Bonchev–Trinajstić information content (AvgIpc) is 2.38. The second-order valence-electron chi connectivity index (χ2n) is 5.64. The van der Waals surface area contributed by atoms with Crippen molar-refractivity contribution in [1.82, 2.24) is 4.98 Å². The van der Waals surface area contributed by atoms with Crippen molar-refractivity contribution in [3.05, 3.63) is 30.3 Å². The Bertz CT molecular complexity index is 609. The van der Waals surface area contributed by atoms with Crippen LogP contribution in [0.3, 0.4) is 0 Å². The maximum absolute atomic E-state index is 5.79. The van der Waals surface area contributed by atoms with E-state index in [9.17, 15) is 0 Å². The van der Waals surface area contributed by atoms with E-state index in [4.69, 9.17) is 15.5 Å². The van der Waals surface area contributed by atoms with E-state index in [1.165, 1.54) is 0 Å². The Hall–Kier alpha value is -1.81. The molecule has 0 unspecified atom stereocenters. The molecule has 100 valence electrons. The molecule has 0 bridgehead atoms. The van der Waals surface area contributed by atoms with Gasteiger partial charge in [0.25, 0.3) is 0 Å². The molecule has 1 aliphatic rings. The summed E-state index contributed by atoms with van der Waals surface area (Å²) in [4.78, 5) is 7.06. The molecule has 0 aliphatic carbocycles. The first-order valence-electron chi connectivity index (χ1n) is 6.58. The number of hydrogen-bond donors (Lipinski definition) is 1. The fourth-order valence-electron chi connectivity index (χ4n) is 2.57. The number of fused-ring (bicyclic) bond motifs is 1. The average molecular weight is 257 g/mol. The molecule has 0 radical (unpaired) electrons. The third-order valence-electron chi connectivity index (χ3n) is 3.62. The molecule has 2 aromatic rings. The molecule has 3 rings (SSSR count). The van der Waals surface area contributed by atoms with Gasteiger partial charge in [-0.3, -0.25) is 0 Å². The molecule has 1 aliphatic heterocycles. The Morgan fingerprint density at radius 1 is 1.26 bits per heavy atom. The highest BCUT2D eigenvalue weighted by Gasteiger charge is 2.31. The van der Waals surface area contributed by atoms with E-state index in [0.717, 1.165) is 42.2 Å². The minimum Gasteiger partial charge on any atom is -0.399 e. The van der Waals surface area contributed by atoms with Crippen molar-refractivity contribution in [1.29, 1.82) is 0 Å². The number of morpholine rings is 1. The number of nitrogens with two attached hydrogens (primary N) is 1. The van der Waals surface area contributed by atoms with Crippen LogP contribution in [0.25, 0.3) is 10.9 Å². The van der Waals surface area contributed by atoms with Gasteiger partial charge in [0.2, 0.25) is 0 Å². The fraction of sp³-hybridized carbons (Fsp3) is 0.400. The molecule has 0 atom stereocenters. The quantitative estimate of drug-likeness (QED) is 0.797. The minimum atomic E-state index is -0.0211. The summed E-state index contributed by atoms with van der Waals surface area (Å²) < 4.78 is 5.55. The van der Waals surface area contributed by atoms with E-state index in [1.807, 2.05) is 18.2 Å². The predicted molar refractivity (Wildman–Crippen MR) is 78.4 cm³/mol. The maximum Gasteiger partial charge on any atom is 0.129 e. The summed E-state index contributed by atoms with van der Waals surface area (Å²) in [6.07, 6.45) is 0. The number of aromatic nitrogens is 1. The Labute approximate surface area is 113 Å². The van der Waals surface area contributed by atoms with Crippen molar-refractivity contribution in [2.75, 3.05) is 30.4 Å². The van der Waals surface area contributed by atoms with E-state index in [2.05, 4.69) is 30.9 Å². The van der Waals surface area contributed by atoms with E-state index in [1.54, 1.807) is 0 Å². The second kappa shape index (κ2) is 4.38. The second-order valence-corrected chi connectivity index (χ2v) is 5.64. The molecule has 2 N–H and O–H groups in total. The number of anilines is 2.